The van der Waals surface area contributed by atoms with Crippen molar-refractivity contribution in [2.45, 2.75) is 6.92 Å². The van der Waals surface area contributed by atoms with E-state index in [1.165, 1.54) is 0 Å². The van der Waals surface area contributed by atoms with E-state index < -0.39 is 0 Å². The first-order chi connectivity index (χ1) is 4.63. The van der Waals surface area contributed by atoms with Gasteiger partial charge < -0.3 is 11.5 Å². The highest BCUT2D eigenvalue weighted by Crippen LogP contribution is 2.22. The maximum absolute atomic E-state index is 5.51. The summed E-state index contributed by atoms with van der Waals surface area (Å²) < 4.78 is 0. The van der Waals surface area contributed by atoms with Crippen molar-refractivity contribution in [1.29, 1.82) is 0 Å². The standard InChI is InChI=1S/C5H7ClN4/c1-2-3(7)4(8)5(6)10-9-2/h1H3,(H2,7,10)(H2,8,9). The van der Waals surface area contributed by atoms with Crippen LogP contribution in [0, 0.1) is 6.92 Å². The zero-order valence-corrected chi connectivity index (χ0v) is 6.18. The summed E-state index contributed by atoms with van der Waals surface area (Å²) >= 11 is 5.51. The third-order valence-corrected chi connectivity index (χ3v) is 1.47. The van der Waals surface area contributed by atoms with Crippen LogP contribution < -0.4 is 11.5 Å². The summed E-state index contributed by atoms with van der Waals surface area (Å²) in [6.45, 7) is 1.72. The summed E-state index contributed by atoms with van der Waals surface area (Å²) in [5.74, 6) is 0. The number of nitrogen functional groups attached to an aromatic ring is 2. The number of hydrogen-bond acceptors (Lipinski definition) is 4. The Bertz CT molecular complexity index is 233. The van der Waals surface area contributed by atoms with E-state index in [9.17, 15) is 0 Å². The van der Waals surface area contributed by atoms with Gasteiger partial charge in [0.1, 0.15) is 0 Å². The van der Waals surface area contributed by atoms with E-state index in [-0.39, 0.29) is 5.15 Å². The second-order valence-electron chi connectivity index (χ2n) is 1.90. The topological polar surface area (TPSA) is 77.8 Å². The molecule has 0 atom stereocenters. The van der Waals surface area contributed by atoms with Crippen molar-refractivity contribution in [3.8, 4) is 0 Å². The number of nitrogens with two attached hydrogens (primary N) is 2. The maximum atomic E-state index is 5.51. The molecular formula is C5H7ClN4. The van der Waals surface area contributed by atoms with Gasteiger partial charge in [0.25, 0.3) is 0 Å². The summed E-state index contributed by atoms with van der Waals surface area (Å²) in [5.41, 5.74) is 12.2. The Hall–Kier alpha value is -1.03. The molecule has 1 heterocycles. The minimum Gasteiger partial charge on any atom is -0.395 e. The molecule has 0 saturated carbocycles. The largest absolute Gasteiger partial charge is 0.395 e. The molecule has 0 bridgehead atoms. The van der Waals surface area contributed by atoms with Crippen LogP contribution in [-0.2, 0) is 0 Å². The first-order valence-corrected chi connectivity index (χ1v) is 3.04. The van der Waals surface area contributed by atoms with Crippen molar-refractivity contribution < 1.29 is 0 Å². The minimum atomic E-state index is 0.156. The zero-order valence-electron chi connectivity index (χ0n) is 5.43. The summed E-state index contributed by atoms with van der Waals surface area (Å²) in [4.78, 5) is 0. The van der Waals surface area contributed by atoms with E-state index in [1.54, 1.807) is 6.92 Å². The fourth-order valence-corrected chi connectivity index (χ4v) is 0.672. The van der Waals surface area contributed by atoms with E-state index >= 15 is 0 Å². The molecule has 4 N–H and O–H groups in total. The Morgan fingerprint density at radius 1 is 1.20 bits per heavy atom. The highest BCUT2D eigenvalue weighted by Gasteiger charge is 2.04. The number of rotatable bonds is 0. The van der Waals surface area contributed by atoms with Gasteiger partial charge in [0, 0.05) is 0 Å². The van der Waals surface area contributed by atoms with Gasteiger partial charge in [-0.2, -0.15) is 5.10 Å². The van der Waals surface area contributed by atoms with Gasteiger partial charge in [-0.05, 0) is 6.92 Å². The summed E-state index contributed by atoms with van der Waals surface area (Å²) in [5, 5.41) is 7.36. The molecule has 1 aromatic rings. The van der Waals surface area contributed by atoms with Crippen LogP contribution in [0.2, 0.25) is 5.15 Å². The highest BCUT2D eigenvalue weighted by atomic mass is 35.5. The zero-order chi connectivity index (χ0) is 7.72. The van der Waals surface area contributed by atoms with Gasteiger partial charge in [-0.3, -0.25) is 0 Å². The fourth-order valence-electron chi connectivity index (χ4n) is 0.533. The second-order valence-corrected chi connectivity index (χ2v) is 2.26. The number of halogens is 1. The molecule has 0 radical (unpaired) electrons. The van der Waals surface area contributed by atoms with Crippen LogP contribution in [0.5, 0.6) is 0 Å². The van der Waals surface area contributed by atoms with E-state index in [0.29, 0.717) is 17.1 Å². The summed E-state index contributed by atoms with van der Waals surface area (Å²) in [6, 6.07) is 0. The lowest BCUT2D eigenvalue weighted by Crippen LogP contribution is -2.02. The summed E-state index contributed by atoms with van der Waals surface area (Å²) in [6.07, 6.45) is 0. The molecule has 0 saturated heterocycles. The maximum Gasteiger partial charge on any atom is 0.176 e. The first kappa shape index (κ1) is 7.08. The molecule has 5 heteroatoms. The third-order valence-electron chi connectivity index (χ3n) is 1.19. The van der Waals surface area contributed by atoms with Crippen molar-refractivity contribution in [1.82, 2.24) is 10.2 Å². The Kier molecular flexibility index (Phi) is 1.63. The minimum absolute atomic E-state index is 0.156. The van der Waals surface area contributed by atoms with Crippen LogP contribution in [0.3, 0.4) is 0 Å². The Morgan fingerprint density at radius 2 is 1.80 bits per heavy atom. The molecule has 4 nitrogen and oxygen atoms in total. The lowest BCUT2D eigenvalue weighted by molar-refractivity contribution is 0.989. The van der Waals surface area contributed by atoms with Crippen LogP contribution in [0.4, 0.5) is 11.4 Å². The van der Waals surface area contributed by atoms with Gasteiger partial charge in [0.2, 0.25) is 0 Å². The van der Waals surface area contributed by atoms with Crippen molar-refractivity contribution in [3.63, 3.8) is 0 Å². The molecule has 0 aliphatic rings. The third kappa shape index (κ3) is 0.974. The summed E-state index contributed by atoms with van der Waals surface area (Å²) in [7, 11) is 0. The van der Waals surface area contributed by atoms with Crippen LogP contribution in [0.25, 0.3) is 0 Å². The molecule has 54 valence electrons. The average molecular weight is 159 g/mol. The van der Waals surface area contributed by atoms with Crippen LogP contribution in [0.1, 0.15) is 5.69 Å². The molecule has 0 unspecified atom stereocenters. The van der Waals surface area contributed by atoms with E-state index in [0.717, 1.165) is 0 Å². The molecule has 0 spiro atoms. The number of anilines is 2. The monoisotopic (exact) mass is 158 g/mol. The van der Waals surface area contributed by atoms with Crippen LogP contribution >= 0.6 is 11.6 Å². The van der Waals surface area contributed by atoms with Gasteiger partial charge in [0.15, 0.2) is 5.15 Å². The molecule has 0 aliphatic carbocycles. The Morgan fingerprint density at radius 3 is 2.30 bits per heavy atom. The normalized spacial score (nSPS) is 9.80. The van der Waals surface area contributed by atoms with Crippen LogP contribution in [0.15, 0.2) is 0 Å². The van der Waals surface area contributed by atoms with Crippen molar-refractivity contribution in [3.05, 3.63) is 10.8 Å². The van der Waals surface area contributed by atoms with Gasteiger partial charge in [-0.15, -0.1) is 5.10 Å². The number of nitrogens with zero attached hydrogens (tertiary/aromatic N) is 2. The molecule has 0 aliphatic heterocycles. The smallest absolute Gasteiger partial charge is 0.176 e. The Labute approximate surface area is 63.2 Å². The lowest BCUT2D eigenvalue weighted by Gasteiger charge is -2.01. The van der Waals surface area contributed by atoms with Gasteiger partial charge in [-0.25, -0.2) is 0 Å². The van der Waals surface area contributed by atoms with Gasteiger partial charge in [0.05, 0.1) is 17.1 Å². The van der Waals surface area contributed by atoms with Gasteiger partial charge in [-0.1, -0.05) is 11.6 Å². The van der Waals surface area contributed by atoms with Crippen molar-refractivity contribution >= 4 is 23.0 Å². The first-order valence-electron chi connectivity index (χ1n) is 2.66. The molecule has 0 fully saturated rings. The molecule has 1 rings (SSSR count). The molecule has 0 aromatic carbocycles. The molecule has 0 amide bonds. The number of hydrogen-bond donors (Lipinski definition) is 2. The van der Waals surface area contributed by atoms with Crippen LogP contribution in [-0.4, -0.2) is 10.2 Å². The van der Waals surface area contributed by atoms with E-state index in [2.05, 4.69) is 10.2 Å². The molecular weight excluding hydrogens is 152 g/mol. The Balaban J connectivity index is 3.34. The fraction of sp³-hybridized carbons (Fsp3) is 0.200. The van der Waals surface area contributed by atoms with Gasteiger partial charge >= 0.3 is 0 Å². The lowest BCUT2D eigenvalue weighted by atomic mass is 10.3. The molecule has 1 aromatic heterocycles. The van der Waals surface area contributed by atoms with E-state index in [4.69, 9.17) is 23.1 Å². The second kappa shape index (κ2) is 2.30. The van der Waals surface area contributed by atoms with E-state index in [1.807, 2.05) is 0 Å². The predicted molar refractivity (Wildman–Crippen MR) is 40.6 cm³/mol. The number of aryl methyl sites for hydroxylation is 1. The SMILES string of the molecule is Cc1nnc(Cl)c(N)c1N. The van der Waals surface area contributed by atoms with Crippen molar-refractivity contribution in [2.24, 2.45) is 0 Å². The van der Waals surface area contributed by atoms with Crippen molar-refractivity contribution in [2.75, 3.05) is 11.5 Å². The predicted octanol–water partition coefficient (Wildman–Crippen LogP) is 0.603. The number of aromatic nitrogens is 2. The average Bonchev–Trinajstić information content (AvgIpc) is 1.93. The highest BCUT2D eigenvalue weighted by molar-refractivity contribution is 6.32. The molecule has 10 heavy (non-hydrogen) atoms. The quantitative estimate of drug-likeness (QED) is 0.580.